The number of ether oxygens (including phenoxy) is 2. The number of likely N-dealkylation sites (tertiary alicyclic amines) is 1. The molecule has 40 heavy (non-hydrogen) atoms. The number of carbonyl (C=O) groups excluding carboxylic acids is 2. The highest BCUT2D eigenvalue weighted by Gasteiger charge is 2.34. The summed E-state index contributed by atoms with van der Waals surface area (Å²) in [5.41, 5.74) is 1.03. The number of amides is 2. The second kappa shape index (κ2) is 11.3. The molecular formula is C28H30ClN3O7S. The minimum Gasteiger partial charge on any atom is -0.505 e. The van der Waals surface area contributed by atoms with E-state index in [1.165, 1.54) is 18.1 Å². The quantitative estimate of drug-likeness (QED) is 0.359. The van der Waals surface area contributed by atoms with Gasteiger partial charge in [0.15, 0.2) is 5.75 Å². The lowest BCUT2D eigenvalue weighted by molar-refractivity contribution is 0.0359. The molecule has 1 aliphatic heterocycles. The number of aromatic hydroxyl groups is 1. The second-order valence-corrected chi connectivity index (χ2v) is 12.3. The molecule has 0 aromatic heterocycles. The van der Waals surface area contributed by atoms with Crippen LogP contribution in [0, 0.1) is 0 Å². The molecule has 10 nitrogen and oxygen atoms in total. The number of benzene rings is 3. The summed E-state index contributed by atoms with van der Waals surface area (Å²) in [5, 5.41) is 12.9. The molecule has 212 valence electrons. The lowest BCUT2D eigenvalue weighted by atomic mass is 10.1. The van der Waals surface area contributed by atoms with Gasteiger partial charge in [-0.25, -0.2) is 13.2 Å². The largest absolute Gasteiger partial charge is 0.505 e. The zero-order valence-corrected chi connectivity index (χ0v) is 24.0. The van der Waals surface area contributed by atoms with Crippen molar-refractivity contribution in [1.29, 1.82) is 0 Å². The summed E-state index contributed by atoms with van der Waals surface area (Å²) in [5.74, 6) is -0.952. The van der Waals surface area contributed by atoms with Crippen molar-refractivity contribution in [2.24, 2.45) is 0 Å². The van der Waals surface area contributed by atoms with Crippen LogP contribution in [0.5, 0.6) is 11.5 Å². The van der Waals surface area contributed by atoms with Gasteiger partial charge in [-0.2, -0.15) is 0 Å². The third-order valence-electron chi connectivity index (χ3n) is 6.01. The molecular weight excluding hydrogens is 558 g/mol. The molecule has 0 aliphatic carbocycles. The average molecular weight is 588 g/mol. The molecule has 0 bridgehead atoms. The summed E-state index contributed by atoms with van der Waals surface area (Å²) in [4.78, 5) is 25.9. The Bertz CT molecular complexity index is 1530. The van der Waals surface area contributed by atoms with Gasteiger partial charge in [0.05, 0.1) is 23.9 Å². The minimum atomic E-state index is -4.42. The van der Waals surface area contributed by atoms with Crippen molar-refractivity contribution in [2.75, 3.05) is 24.9 Å². The van der Waals surface area contributed by atoms with Gasteiger partial charge in [0.2, 0.25) is 0 Å². The number of nitrogens with one attached hydrogen (secondary N) is 2. The lowest BCUT2D eigenvalue weighted by Gasteiger charge is -2.39. The van der Waals surface area contributed by atoms with Crippen molar-refractivity contribution in [3.05, 3.63) is 71.2 Å². The predicted molar refractivity (Wildman–Crippen MR) is 151 cm³/mol. The number of hydrogen-bond donors (Lipinski definition) is 3. The van der Waals surface area contributed by atoms with E-state index in [1.807, 2.05) is 30.3 Å². The van der Waals surface area contributed by atoms with E-state index < -0.39 is 38.3 Å². The van der Waals surface area contributed by atoms with E-state index in [4.69, 9.17) is 21.1 Å². The van der Waals surface area contributed by atoms with Crippen molar-refractivity contribution >= 4 is 39.3 Å². The molecule has 3 aromatic rings. The molecule has 1 fully saturated rings. The third-order valence-corrected chi connectivity index (χ3v) is 7.67. The number of methoxy groups -OCH3 is 1. The monoisotopic (exact) mass is 587 g/mol. The van der Waals surface area contributed by atoms with Gasteiger partial charge in [-0.05, 0) is 56.2 Å². The first-order valence-electron chi connectivity index (χ1n) is 12.3. The van der Waals surface area contributed by atoms with E-state index in [2.05, 4.69) is 10.0 Å². The molecule has 0 spiro atoms. The summed E-state index contributed by atoms with van der Waals surface area (Å²) in [6.07, 6.45) is -0.594. The Morgan fingerprint density at radius 2 is 1.70 bits per heavy atom. The molecule has 3 N–H and O–H groups in total. The smallest absolute Gasteiger partial charge is 0.407 e. The fourth-order valence-electron chi connectivity index (χ4n) is 4.09. The number of anilines is 1. The topological polar surface area (TPSA) is 134 Å². The van der Waals surface area contributed by atoms with Gasteiger partial charge in [-0.3, -0.25) is 9.52 Å². The first-order chi connectivity index (χ1) is 18.8. The summed E-state index contributed by atoms with van der Waals surface area (Å²) in [7, 11) is -3.02. The highest BCUT2D eigenvalue weighted by atomic mass is 35.5. The highest BCUT2D eigenvalue weighted by Crippen LogP contribution is 2.37. The van der Waals surface area contributed by atoms with Crippen LogP contribution >= 0.6 is 11.6 Å². The molecule has 12 heteroatoms. The SMILES string of the molecule is COc1ccc(-c2ccccc2)cc1NS(=O)(=O)c1cc(C(=O)N2CC(NC(=O)OC(C)(C)C)C2)cc(Cl)c1O. The van der Waals surface area contributed by atoms with Crippen LogP contribution in [0.4, 0.5) is 10.5 Å². The number of alkyl carbamates (subject to hydrolysis) is 1. The van der Waals surface area contributed by atoms with Crippen molar-refractivity contribution in [1.82, 2.24) is 10.2 Å². The molecule has 1 heterocycles. The number of phenols is 1. The van der Waals surface area contributed by atoms with Gasteiger partial charge in [-0.1, -0.05) is 48.0 Å². The number of hydrogen-bond acceptors (Lipinski definition) is 7. The Morgan fingerprint density at radius 3 is 2.33 bits per heavy atom. The number of nitrogens with zero attached hydrogens (tertiary/aromatic N) is 1. The van der Waals surface area contributed by atoms with Crippen LogP contribution < -0.4 is 14.8 Å². The van der Waals surface area contributed by atoms with Crippen LogP contribution in [0.15, 0.2) is 65.6 Å². The average Bonchev–Trinajstić information content (AvgIpc) is 2.86. The Balaban J connectivity index is 1.55. The van der Waals surface area contributed by atoms with Crippen LogP contribution in [0.1, 0.15) is 31.1 Å². The predicted octanol–water partition coefficient (Wildman–Crippen LogP) is 4.87. The standard InChI is InChI=1S/C28H30ClN3O7S/c1-28(2,3)39-27(35)30-20-15-32(16-20)26(34)19-12-21(29)25(33)24(14-19)40(36,37)31-22-13-18(10-11-23(22)38-4)17-8-6-5-7-9-17/h5-14,20,31,33H,15-16H2,1-4H3,(H,30,35). The first-order valence-corrected chi connectivity index (χ1v) is 14.2. The van der Waals surface area contributed by atoms with Gasteiger partial charge < -0.3 is 24.8 Å². The maximum Gasteiger partial charge on any atom is 0.407 e. The molecule has 3 aromatic carbocycles. The molecule has 0 radical (unpaired) electrons. The lowest BCUT2D eigenvalue weighted by Crippen LogP contribution is -2.61. The molecule has 4 rings (SSSR count). The van der Waals surface area contributed by atoms with Gasteiger partial charge in [-0.15, -0.1) is 0 Å². The third kappa shape index (κ3) is 6.60. The fourth-order valence-corrected chi connectivity index (χ4v) is 5.57. The van der Waals surface area contributed by atoms with Crippen molar-refractivity contribution in [3.63, 3.8) is 0 Å². The van der Waals surface area contributed by atoms with E-state index in [0.717, 1.165) is 17.2 Å². The zero-order valence-electron chi connectivity index (χ0n) is 22.4. The molecule has 2 amide bonds. The van der Waals surface area contributed by atoms with Gasteiger partial charge in [0.1, 0.15) is 16.2 Å². The van der Waals surface area contributed by atoms with E-state index in [-0.39, 0.29) is 41.2 Å². The van der Waals surface area contributed by atoms with Crippen LogP contribution in [-0.2, 0) is 14.8 Å². The van der Waals surface area contributed by atoms with E-state index in [9.17, 15) is 23.1 Å². The second-order valence-electron chi connectivity index (χ2n) is 10.2. The Hall–Kier alpha value is -3.96. The Labute approximate surface area is 237 Å². The summed E-state index contributed by atoms with van der Waals surface area (Å²) < 4.78 is 39.9. The number of halogens is 1. The van der Waals surface area contributed by atoms with Crippen LogP contribution in [-0.4, -0.2) is 62.3 Å². The van der Waals surface area contributed by atoms with Crippen molar-refractivity contribution in [2.45, 2.75) is 37.3 Å². The van der Waals surface area contributed by atoms with E-state index >= 15 is 0 Å². The Morgan fingerprint density at radius 1 is 1.02 bits per heavy atom. The zero-order chi connectivity index (χ0) is 29.2. The minimum absolute atomic E-state index is 0.0381. The van der Waals surface area contributed by atoms with Gasteiger partial charge in [0, 0.05) is 18.7 Å². The van der Waals surface area contributed by atoms with Crippen molar-refractivity contribution in [3.8, 4) is 22.6 Å². The van der Waals surface area contributed by atoms with Crippen LogP contribution in [0.25, 0.3) is 11.1 Å². The number of phenolic OH excluding ortho intramolecular Hbond substituents is 1. The van der Waals surface area contributed by atoms with Crippen molar-refractivity contribution < 1.29 is 32.6 Å². The Kier molecular flexibility index (Phi) is 8.18. The number of carbonyl (C=O) groups is 2. The molecule has 0 unspecified atom stereocenters. The maximum atomic E-state index is 13.4. The van der Waals surface area contributed by atoms with E-state index in [1.54, 1.807) is 39.0 Å². The summed E-state index contributed by atoms with van der Waals surface area (Å²) in [6.45, 7) is 5.62. The summed E-state index contributed by atoms with van der Waals surface area (Å²) >= 11 is 6.15. The molecule has 0 saturated carbocycles. The number of rotatable bonds is 7. The fraction of sp³-hybridized carbons (Fsp3) is 0.286. The molecule has 1 saturated heterocycles. The van der Waals surface area contributed by atoms with E-state index in [0.29, 0.717) is 0 Å². The van der Waals surface area contributed by atoms with Gasteiger partial charge in [0.25, 0.3) is 15.9 Å². The number of sulfonamides is 1. The van der Waals surface area contributed by atoms with Crippen LogP contribution in [0.2, 0.25) is 5.02 Å². The normalized spacial score (nSPS) is 13.8. The first kappa shape index (κ1) is 29.0. The van der Waals surface area contributed by atoms with Gasteiger partial charge >= 0.3 is 6.09 Å². The molecule has 1 aliphatic rings. The van der Waals surface area contributed by atoms with Crippen LogP contribution in [0.3, 0.4) is 0 Å². The maximum absolute atomic E-state index is 13.4. The molecule has 0 atom stereocenters. The summed E-state index contributed by atoms with van der Waals surface area (Å²) in [6, 6.07) is 16.3. The highest BCUT2D eigenvalue weighted by molar-refractivity contribution is 7.92.